The first-order valence-corrected chi connectivity index (χ1v) is 8.99. The van der Waals surface area contributed by atoms with Crippen molar-refractivity contribution in [3.05, 3.63) is 42.0 Å². The van der Waals surface area contributed by atoms with E-state index in [1.165, 1.54) is 21.3 Å². The third kappa shape index (κ3) is 5.87. The molecule has 0 aliphatic carbocycles. The normalized spacial score (nSPS) is 10.8. The zero-order valence-corrected chi connectivity index (χ0v) is 17.6. The molecule has 0 aliphatic rings. The summed E-state index contributed by atoms with van der Waals surface area (Å²) >= 11 is 0. The van der Waals surface area contributed by atoms with Crippen LogP contribution >= 0.6 is 0 Å². The molecule has 30 heavy (non-hydrogen) atoms. The van der Waals surface area contributed by atoms with Gasteiger partial charge in [0.1, 0.15) is 23.0 Å². The Hall–Kier alpha value is -3.75. The van der Waals surface area contributed by atoms with Crippen molar-refractivity contribution in [2.75, 3.05) is 33.8 Å². The van der Waals surface area contributed by atoms with E-state index < -0.39 is 5.91 Å². The molecule has 0 fully saturated rings. The number of hydrogen-bond acceptors (Lipinski definition) is 7. The molecule has 9 heteroatoms. The minimum absolute atomic E-state index is 0.0186. The highest BCUT2D eigenvalue weighted by Crippen LogP contribution is 2.29. The summed E-state index contributed by atoms with van der Waals surface area (Å²) in [7, 11) is 6.02. The molecule has 9 nitrogen and oxygen atoms in total. The Labute approximate surface area is 175 Å². The molecule has 0 aliphatic heterocycles. The van der Waals surface area contributed by atoms with Crippen molar-refractivity contribution in [2.24, 2.45) is 5.10 Å². The average Bonchev–Trinajstić information content (AvgIpc) is 2.77. The number of hydrazone groups is 1. The van der Waals surface area contributed by atoms with Crippen molar-refractivity contribution in [2.45, 2.75) is 13.3 Å². The van der Waals surface area contributed by atoms with Crippen LogP contribution in [0.2, 0.25) is 0 Å². The Bertz CT molecular complexity index is 942. The van der Waals surface area contributed by atoms with E-state index in [1.807, 2.05) is 0 Å². The second-order valence-electron chi connectivity index (χ2n) is 6.15. The first-order chi connectivity index (χ1) is 14.4. The standard InChI is InChI=1S/C21H25N3O6/c1-13(10-20(25)22-17-9-7-15(28-3)12-19(17)30-5)23-24-21(26)16-8-6-14(27-2)11-18(16)29-4/h6-9,11-12H,10H2,1-5H3,(H,22,25)(H,24,26)/b23-13-. The molecular weight excluding hydrogens is 390 g/mol. The molecule has 2 aromatic rings. The second-order valence-corrected chi connectivity index (χ2v) is 6.15. The minimum atomic E-state index is -0.467. The van der Waals surface area contributed by atoms with Crippen LogP contribution in [-0.2, 0) is 4.79 Å². The van der Waals surface area contributed by atoms with E-state index in [1.54, 1.807) is 50.4 Å². The van der Waals surface area contributed by atoms with Gasteiger partial charge in [-0.2, -0.15) is 5.10 Å². The number of carbonyl (C=O) groups is 2. The van der Waals surface area contributed by atoms with Gasteiger partial charge in [-0.1, -0.05) is 0 Å². The highest BCUT2D eigenvalue weighted by atomic mass is 16.5. The fraction of sp³-hybridized carbons (Fsp3) is 0.286. The van der Waals surface area contributed by atoms with Crippen molar-refractivity contribution < 1.29 is 28.5 Å². The molecule has 0 radical (unpaired) electrons. The molecular formula is C21H25N3O6. The fourth-order valence-electron chi connectivity index (χ4n) is 2.56. The topological polar surface area (TPSA) is 107 Å². The van der Waals surface area contributed by atoms with Crippen molar-refractivity contribution in [3.8, 4) is 23.0 Å². The average molecular weight is 415 g/mol. The largest absolute Gasteiger partial charge is 0.497 e. The molecule has 2 aromatic carbocycles. The van der Waals surface area contributed by atoms with E-state index in [9.17, 15) is 9.59 Å². The summed E-state index contributed by atoms with van der Waals surface area (Å²) in [5.41, 5.74) is 3.64. The molecule has 0 heterocycles. The lowest BCUT2D eigenvalue weighted by Gasteiger charge is -2.12. The molecule has 2 amide bonds. The zero-order valence-electron chi connectivity index (χ0n) is 17.6. The van der Waals surface area contributed by atoms with Crippen LogP contribution in [0.5, 0.6) is 23.0 Å². The first kappa shape index (κ1) is 22.5. The maximum Gasteiger partial charge on any atom is 0.275 e. The Morgan fingerprint density at radius 3 is 2.07 bits per heavy atom. The summed E-state index contributed by atoms with van der Waals surface area (Å²) in [4.78, 5) is 24.7. The predicted molar refractivity (Wildman–Crippen MR) is 113 cm³/mol. The quantitative estimate of drug-likeness (QED) is 0.482. The number of carbonyl (C=O) groups excluding carboxylic acids is 2. The third-order valence-corrected chi connectivity index (χ3v) is 4.10. The molecule has 0 unspecified atom stereocenters. The zero-order chi connectivity index (χ0) is 22.1. The van der Waals surface area contributed by atoms with Gasteiger partial charge >= 0.3 is 0 Å². The van der Waals surface area contributed by atoms with E-state index in [2.05, 4.69) is 15.8 Å². The molecule has 2 N–H and O–H groups in total. The Morgan fingerprint density at radius 1 is 0.867 bits per heavy atom. The fourth-order valence-corrected chi connectivity index (χ4v) is 2.56. The highest BCUT2D eigenvalue weighted by Gasteiger charge is 2.14. The van der Waals surface area contributed by atoms with Crippen molar-refractivity contribution in [1.29, 1.82) is 0 Å². The number of ether oxygens (including phenoxy) is 4. The van der Waals surface area contributed by atoms with Crippen LogP contribution in [0, 0.1) is 0 Å². The minimum Gasteiger partial charge on any atom is -0.497 e. The SMILES string of the molecule is COc1ccc(NC(=O)C/C(C)=N\NC(=O)c2ccc(OC)cc2OC)c(OC)c1. The summed E-state index contributed by atoms with van der Waals surface area (Å²) in [5, 5.41) is 6.74. The molecule has 0 aromatic heterocycles. The molecule has 0 atom stereocenters. The van der Waals surface area contributed by atoms with Crippen molar-refractivity contribution in [3.63, 3.8) is 0 Å². The van der Waals surface area contributed by atoms with Gasteiger partial charge < -0.3 is 24.3 Å². The van der Waals surface area contributed by atoms with Crippen LogP contribution in [0.4, 0.5) is 5.69 Å². The van der Waals surface area contributed by atoms with Gasteiger partial charge in [-0.25, -0.2) is 5.43 Å². The molecule has 0 saturated heterocycles. The lowest BCUT2D eigenvalue weighted by Crippen LogP contribution is -2.22. The van der Waals surface area contributed by atoms with Gasteiger partial charge in [0, 0.05) is 17.8 Å². The van der Waals surface area contributed by atoms with Crippen LogP contribution in [0.25, 0.3) is 0 Å². The van der Waals surface area contributed by atoms with Gasteiger partial charge in [-0.15, -0.1) is 0 Å². The second kappa shape index (κ2) is 10.7. The summed E-state index contributed by atoms with van der Waals surface area (Å²) in [6.45, 7) is 1.64. The molecule has 0 saturated carbocycles. The summed E-state index contributed by atoms with van der Waals surface area (Å²) in [6.07, 6.45) is -0.0186. The number of benzene rings is 2. The smallest absolute Gasteiger partial charge is 0.275 e. The first-order valence-electron chi connectivity index (χ1n) is 8.99. The van der Waals surface area contributed by atoms with Gasteiger partial charge in [0.15, 0.2) is 0 Å². The summed E-state index contributed by atoms with van der Waals surface area (Å²) < 4.78 is 20.7. The van der Waals surface area contributed by atoms with E-state index >= 15 is 0 Å². The number of amides is 2. The summed E-state index contributed by atoms with van der Waals surface area (Å²) in [5.74, 6) is 1.22. The molecule has 0 bridgehead atoms. The third-order valence-electron chi connectivity index (χ3n) is 4.10. The molecule has 160 valence electrons. The van der Waals surface area contributed by atoms with E-state index in [4.69, 9.17) is 18.9 Å². The maximum absolute atomic E-state index is 12.4. The number of anilines is 1. The van der Waals surface area contributed by atoms with E-state index in [0.717, 1.165) is 0 Å². The Balaban J connectivity index is 2.00. The number of hydrogen-bond donors (Lipinski definition) is 2. The van der Waals surface area contributed by atoms with Crippen LogP contribution in [0.3, 0.4) is 0 Å². The van der Waals surface area contributed by atoms with Crippen molar-refractivity contribution >= 4 is 23.2 Å². The lowest BCUT2D eigenvalue weighted by molar-refractivity contribution is -0.115. The Morgan fingerprint density at radius 2 is 1.47 bits per heavy atom. The van der Waals surface area contributed by atoms with Crippen LogP contribution < -0.4 is 29.7 Å². The predicted octanol–water partition coefficient (Wildman–Crippen LogP) is 2.86. The number of nitrogens with one attached hydrogen (secondary N) is 2. The van der Waals surface area contributed by atoms with Crippen molar-refractivity contribution in [1.82, 2.24) is 5.43 Å². The number of nitrogens with zero attached hydrogens (tertiary/aromatic N) is 1. The van der Waals surface area contributed by atoms with Crippen LogP contribution in [0.15, 0.2) is 41.5 Å². The van der Waals surface area contributed by atoms with Gasteiger partial charge in [-0.05, 0) is 31.2 Å². The van der Waals surface area contributed by atoms with E-state index in [0.29, 0.717) is 40.0 Å². The molecule has 0 spiro atoms. The van der Waals surface area contributed by atoms with Gasteiger partial charge in [-0.3, -0.25) is 9.59 Å². The Kier molecular flexibility index (Phi) is 8.04. The van der Waals surface area contributed by atoms with E-state index in [-0.39, 0.29) is 12.3 Å². The maximum atomic E-state index is 12.4. The summed E-state index contributed by atoms with van der Waals surface area (Å²) in [6, 6.07) is 9.87. The lowest BCUT2D eigenvalue weighted by atomic mass is 10.2. The van der Waals surface area contributed by atoms with Gasteiger partial charge in [0.05, 0.1) is 46.1 Å². The highest BCUT2D eigenvalue weighted by molar-refractivity contribution is 6.06. The molecule has 2 rings (SSSR count). The number of rotatable bonds is 9. The monoisotopic (exact) mass is 415 g/mol. The van der Waals surface area contributed by atoms with Gasteiger partial charge in [0.2, 0.25) is 5.91 Å². The van der Waals surface area contributed by atoms with Crippen LogP contribution in [-0.4, -0.2) is 46.0 Å². The number of methoxy groups -OCH3 is 4. The van der Waals surface area contributed by atoms with Crippen LogP contribution in [0.1, 0.15) is 23.7 Å². The van der Waals surface area contributed by atoms with Gasteiger partial charge in [0.25, 0.3) is 5.91 Å².